The lowest BCUT2D eigenvalue weighted by Crippen LogP contribution is -2.56. The van der Waals surface area contributed by atoms with Crippen LogP contribution in [0.5, 0.6) is 0 Å². The minimum Gasteiger partial charge on any atom is -0.370 e. The highest BCUT2D eigenvalue weighted by atomic mass is 79.9. The van der Waals surface area contributed by atoms with Crippen LogP contribution in [0.1, 0.15) is 75.5 Å². The number of nitrogens with two attached hydrogens (primary N) is 1. The molecule has 37 heavy (non-hydrogen) atoms. The Morgan fingerprint density at radius 2 is 2.00 bits per heavy atom. The normalized spacial score (nSPS) is 27.6. The van der Waals surface area contributed by atoms with Gasteiger partial charge < -0.3 is 10.6 Å². The number of carbonyl (C=O) groups is 1. The van der Waals surface area contributed by atoms with Gasteiger partial charge in [-0.3, -0.25) is 15.1 Å². The number of guanidine groups is 1. The number of likely N-dealkylation sites (tertiary alicyclic amines) is 1. The first-order chi connectivity index (χ1) is 17.7. The Bertz CT molecular complexity index is 1060. The van der Waals surface area contributed by atoms with Crippen LogP contribution in [0, 0.1) is 10.8 Å². The highest BCUT2D eigenvalue weighted by Crippen LogP contribution is 2.52. The number of halogens is 2. The molecule has 0 spiro atoms. The Kier molecular flexibility index (Phi) is 9.28. The molecule has 5 nitrogen and oxygen atoms in total. The largest absolute Gasteiger partial charge is 0.370 e. The van der Waals surface area contributed by atoms with Crippen LogP contribution in [-0.4, -0.2) is 49.1 Å². The average molecular weight is 574 g/mol. The first kappa shape index (κ1) is 28.0. The molecule has 3 unspecified atom stereocenters. The summed E-state index contributed by atoms with van der Waals surface area (Å²) in [5.74, 6) is -0.118. The number of unbranched alkanes of at least 4 members (excludes halogenated alkanes) is 2. The van der Waals surface area contributed by atoms with E-state index in [9.17, 15) is 4.79 Å². The summed E-state index contributed by atoms with van der Waals surface area (Å²) in [5, 5.41) is 2.81. The van der Waals surface area contributed by atoms with Gasteiger partial charge in [-0.1, -0.05) is 53.6 Å². The molecular weight excluding hydrogens is 531 g/mol. The van der Waals surface area contributed by atoms with Gasteiger partial charge in [-0.05, 0) is 107 Å². The van der Waals surface area contributed by atoms with Crippen molar-refractivity contribution in [3.63, 3.8) is 0 Å². The Morgan fingerprint density at radius 3 is 2.78 bits per heavy atom. The smallest absolute Gasteiger partial charge is 0.233 e. The number of allylic oxidation sites excluding steroid dienone is 3. The second-order valence-electron chi connectivity index (χ2n) is 11.4. The molecule has 0 bridgehead atoms. The van der Waals surface area contributed by atoms with E-state index in [0.717, 1.165) is 30.3 Å². The standard InChI is InChI=1S/C30H42BrFN4O/c1-29(15-13-23-21-24(31)20-22-10-8-11-25(22)23)26(32)12-9-14-30(29,2)27(37)35-28(33)34-16-4-3-5-17-36-18-6-7-19-36/h8-10,12,20-21,26H,3-7,11,13-19H2,1-2H3,(H3,33,34,35,37). The lowest BCUT2D eigenvalue weighted by molar-refractivity contribution is -0.140. The number of nitrogens with one attached hydrogen (secondary N) is 1. The molecule has 4 rings (SSSR count). The number of fused-ring (bicyclic) bond motifs is 1. The molecule has 0 radical (unpaired) electrons. The van der Waals surface area contributed by atoms with Crippen LogP contribution < -0.4 is 11.1 Å². The lowest BCUT2D eigenvalue weighted by atomic mass is 9.56. The summed E-state index contributed by atoms with van der Waals surface area (Å²) in [6.45, 7) is 7.98. The van der Waals surface area contributed by atoms with Crippen molar-refractivity contribution in [2.45, 2.75) is 77.8 Å². The van der Waals surface area contributed by atoms with Crippen molar-refractivity contribution >= 4 is 33.9 Å². The van der Waals surface area contributed by atoms with Gasteiger partial charge in [-0.25, -0.2) is 4.39 Å². The third-order valence-corrected chi connectivity index (χ3v) is 9.39. The fourth-order valence-electron chi connectivity index (χ4n) is 6.10. The predicted octanol–water partition coefficient (Wildman–Crippen LogP) is 5.96. The van der Waals surface area contributed by atoms with E-state index in [1.807, 2.05) is 13.8 Å². The zero-order valence-electron chi connectivity index (χ0n) is 22.4. The van der Waals surface area contributed by atoms with E-state index in [4.69, 9.17) is 5.73 Å². The second kappa shape index (κ2) is 12.2. The monoisotopic (exact) mass is 572 g/mol. The van der Waals surface area contributed by atoms with Gasteiger partial charge in [-0.15, -0.1) is 0 Å². The quantitative estimate of drug-likeness (QED) is 0.157. The number of nitrogens with zero attached hydrogens (tertiary/aromatic N) is 2. The fraction of sp³-hybridized carbons (Fsp3) is 0.600. The Morgan fingerprint density at radius 1 is 1.22 bits per heavy atom. The van der Waals surface area contributed by atoms with Crippen molar-refractivity contribution in [1.29, 1.82) is 0 Å². The first-order valence-electron chi connectivity index (χ1n) is 13.9. The molecular formula is C30H42BrFN4O. The van der Waals surface area contributed by atoms with E-state index in [1.54, 1.807) is 12.2 Å². The van der Waals surface area contributed by atoms with Crippen LogP contribution >= 0.6 is 15.9 Å². The highest BCUT2D eigenvalue weighted by molar-refractivity contribution is 9.10. The van der Waals surface area contributed by atoms with Crippen LogP contribution in [0.15, 0.2) is 39.8 Å². The zero-order valence-corrected chi connectivity index (χ0v) is 24.0. The van der Waals surface area contributed by atoms with Crippen LogP contribution in [0.25, 0.3) is 6.08 Å². The van der Waals surface area contributed by atoms with Crippen molar-refractivity contribution in [2.24, 2.45) is 21.6 Å². The molecule has 1 aliphatic heterocycles. The number of alkyl halides is 1. The molecule has 1 aromatic rings. The van der Waals surface area contributed by atoms with Gasteiger partial charge >= 0.3 is 0 Å². The molecule has 1 fully saturated rings. The molecule has 3 N–H and O–H groups in total. The number of rotatable bonds is 10. The molecule has 1 aromatic carbocycles. The minimum absolute atomic E-state index is 0.133. The van der Waals surface area contributed by atoms with Crippen molar-refractivity contribution in [1.82, 2.24) is 10.2 Å². The number of aryl methyl sites for hydroxylation is 1. The number of benzene rings is 1. The Labute approximate surface area is 230 Å². The molecule has 1 heterocycles. The van der Waals surface area contributed by atoms with E-state index >= 15 is 4.39 Å². The van der Waals surface area contributed by atoms with E-state index in [2.05, 4.69) is 55.4 Å². The van der Waals surface area contributed by atoms with Gasteiger partial charge in [-0.2, -0.15) is 0 Å². The number of hydrogen-bond acceptors (Lipinski definition) is 3. The summed E-state index contributed by atoms with van der Waals surface area (Å²) in [6, 6.07) is 4.26. The predicted molar refractivity (Wildman–Crippen MR) is 154 cm³/mol. The molecule has 3 atom stereocenters. The van der Waals surface area contributed by atoms with E-state index < -0.39 is 17.0 Å². The maximum atomic E-state index is 15.6. The summed E-state index contributed by atoms with van der Waals surface area (Å²) in [6.07, 6.45) is 15.0. The Balaban J connectivity index is 1.35. The van der Waals surface area contributed by atoms with Gasteiger partial charge in [0.1, 0.15) is 6.17 Å². The molecule has 202 valence electrons. The van der Waals surface area contributed by atoms with Crippen molar-refractivity contribution < 1.29 is 9.18 Å². The van der Waals surface area contributed by atoms with E-state index in [-0.39, 0.29) is 11.9 Å². The Hall–Kier alpha value is -1.99. The molecule has 7 heteroatoms. The number of hydrogen-bond donors (Lipinski definition) is 2. The van der Waals surface area contributed by atoms with Crippen molar-refractivity contribution in [3.05, 3.63) is 51.5 Å². The fourth-order valence-corrected chi connectivity index (χ4v) is 6.62. The first-order valence-corrected chi connectivity index (χ1v) is 14.6. The summed E-state index contributed by atoms with van der Waals surface area (Å²) in [7, 11) is 0. The maximum absolute atomic E-state index is 15.6. The van der Waals surface area contributed by atoms with Crippen LogP contribution in [0.4, 0.5) is 4.39 Å². The summed E-state index contributed by atoms with van der Waals surface area (Å²) in [4.78, 5) is 20.4. The SMILES string of the molecule is CC1(C(=O)NC(N)=NCCCCCN2CCCC2)CC=CC(F)C1(C)CCc1cc(Br)cc2c1CC=C2. The van der Waals surface area contributed by atoms with E-state index in [1.165, 1.54) is 49.0 Å². The molecule has 1 saturated heterocycles. The molecule has 2 aliphatic carbocycles. The third kappa shape index (κ3) is 6.36. The van der Waals surface area contributed by atoms with Gasteiger partial charge in [0.2, 0.25) is 5.91 Å². The molecule has 0 saturated carbocycles. The third-order valence-electron chi connectivity index (χ3n) is 8.93. The number of carbonyl (C=O) groups excluding carboxylic acids is 1. The summed E-state index contributed by atoms with van der Waals surface area (Å²) < 4.78 is 16.6. The summed E-state index contributed by atoms with van der Waals surface area (Å²) >= 11 is 3.62. The van der Waals surface area contributed by atoms with Gasteiger partial charge in [0, 0.05) is 16.4 Å². The topological polar surface area (TPSA) is 70.7 Å². The van der Waals surface area contributed by atoms with Crippen molar-refractivity contribution in [3.8, 4) is 0 Å². The van der Waals surface area contributed by atoms with Gasteiger partial charge in [0.05, 0.1) is 5.41 Å². The van der Waals surface area contributed by atoms with E-state index in [0.29, 0.717) is 25.8 Å². The lowest BCUT2D eigenvalue weighted by Gasteiger charge is -2.48. The molecule has 0 aromatic heterocycles. The molecule has 1 amide bonds. The van der Waals surface area contributed by atoms with Crippen molar-refractivity contribution in [2.75, 3.05) is 26.2 Å². The van der Waals surface area contributed by atoms with Crippen LogP contribution in [-0.2, 0) is 17.6 Å². The second-order valence-corrected chi connectivity index (χ2v) is 12.3. The highest BCUT2D eigenvalue weighted by Gasteiger charge is 2.55. The summed E-state index contributed by atoms with van der Waals surface area (Å²) in [5.41, 5.74) is 8.03. The zero-order chi connectivity index (χ0) is 26.5. The maximum Gasteiger partial charge on any atom is 0.233 e. The number of amides is 1. The van der Waals surface area contributed by atoms with Crippen LogP contribution in [0.3, 0.4) is 0 Å². The molecule has 3 aliphatic rings. The number of aliphatic imine (C=N–C) groups is 1. The van der Waals surface area contributed by atoms with Crippen LogP contribution in [0.2, 0.25) is 0 Å². The minimum atomic E-state index is -1.22. The average Bonchev–Trinajstić information content (AvgIpc) is 3.55. The van der Waals surface area contributed by atoms with Gasteiger partial charge in [0.25, 0.3) is 0 Å². The van der Waals surface area contributed by atoms with Gasteiger partial charge in [0.15, 0.2) is 5.96 Å².